The van der Waals surface area contributed by atoms with Gasteiger partial charge in [0.1, 0.15) is 0 Å². The highest BCUT2D eigenvalue weighted by Crippen LogP contribution is 2.26. The molecule has 1 aromatic rings. The van der Waals surface area contributed by atoms with Gasteiger partial charge in [-0.05, 0) is 25.2 Å². The van der Waals surface area contributed by atoms with Crippen LogP contribution in [0.25, 0.3) is 0 Å². The molecule has 0 aliphatic heterocycles. The van der Waals surface area contributed by atoms with Gasteiger partial charge >= 0.3 is 0 Å². The molecule has 0 saturated heterocycles. The Morgan fingerprint density at radius 2 is 2.41 bits per heavy atom. The zero-order valence-corrected chi connectivity index (χ0v) is 10.8. The summed E-state index contributed by atoms with van der Waals surface area (Å²) in [7, 11) is 1.94. The van der Waals surface area contributed by atoms with Crippen LogP contribution in [0.4, 0.5) is 0 Å². The summed E-state index contributed by atoms with van der Waals surface area (Å²) in [5.41, 5.74) is 1.24. The maximum Gasteiger partial charge on any atom is 0.0580 e. The van der Waals surface area contributed by atoms with E-state index in [1.165, 1.54) is 5.56 Å². The molecule has 1 saturated carbocycles. The van der Waals surface area contributed by atoms with Gasteiger partial charge in [-0.1, -0.05) is 13.3 Å². The van der Waals surface area contributed by atoms with Gasteiger partial charge in [-0.15, -0.1) is 0 Å². The van der Waals surface area contributed by atoms with Crippen LogP contribution in [0, 0.1) is 5.92 Å². The van der Waals surface area contributed by atoms with Crippen molar-refractivity contribution < 1.29 is 5.11 Å². The Morgan fingerprint density at radius 1 is 1.59 bits per heavy atom. The lowest BCUT2D eigenvalue weighted by Crippen LogP contribution is -2.30. The van der Waals surface area contributed by atoms with Gasteiger partial charge in [0.25, 0.3) is 0 Å². The molecule has 0 aromatic carbocycles. The number of nitrogens with one attached hydrogen (secondary N) is 1. The minimum Gasteiger partial charge on any atom is -0.393 e. The second-order valence-electron chi connectivity index (χ2n) is 5.07. The van der Waals surface area contributed by atoms with Crippen LogP contribution in [0.5, 0.6) is 0 Å². The second kappa shape index (κ2) is 5.65. The zero-order valence-electron chi connectivity index (χ0n) is 10.8. The molecule has 3 unspecified atom stereocenters. The summed E-state index contributed by atoms with van der Waals surface area (Å²) in [6.45, 7) is 3.09. The monoisotopic (exact) mass is 237 g/mol. The van der Waals surface area contributed by atoms with Crippen LogP contribution in [0.15, 0.2) is 12.4 Å². The van der Waals surface area contributed by atoms with Crippen molar-refractivity contribution >= 4 is 0 Å². The molecule has 17 heavy (non-hydrogen) atoms. The fourth-order valence-corrected chi connectivity index (χ4v) is 2.67. The third-order valence-corrected chi connectivity index (χ3v) is 3.78. The van der Waals surface area contributed by atoms with E-state index in [1.807, 2.05) is 17.9 Å². The van der Waals surface area contributed by atoms with Crippen molar-refractivity contribution in [2.45, 2.75) is 44.8 Å². The van der Waals surface area contributed by atoms with Crippen molar-refractivity contribution in [3.05, 3.63) is 18.0 Å². The standard InChI is InChI=1S/C13H23N3O/c1-3-12(11-8-15-16(2)9-11)14-7-10-5-4-6-13(10)17/h8-10,12-14,17H,3-7H2,1-2H3. The molecule has 4 nitrogen and oxygen atoms in total. The topological polar surface area (TPSA) is 50.1 Å². The minimum absolute atomic E-state index is 0.103. The molecule has 96 valence electrons. The largest absolute Gasteiger partial charge is 0.393 e. The molecule has 3 atom stereocenters. The van der Waals surface area contributed by atoms with Crippen molar-refractivity contribution in [3.63, 3.8) is 0 Å². The quantitative estimate of drug-likeness (QED) is 0.818. The van der Waals surface area contributed by atoms with Gasteiger partial charge in [-0.25, -0.2) is 0 Å². The Labute approximate surface area is 103 Å². The van der Waals surface area contributed by atoms with E-state index in [4.69, 9.17) is 0 Å². The van der Waals surface area contributed by atoms with Gasteiger partial charge < -0.3 is 10.4 Å². The Balaban J connectivity index is 1.87. The molecule has 0 spiro atoms. The predicted octanol–water partition coefficient (Wildman–Crippen LogP) is 1.62. The molecule has 2 N–H and O–H groups in total. The fraction of sp³-hybridized carbons (Fsp3) is 0.769. The highest BCUT2D eigenvalue weighted by Gasteiger charge is 2.25. The van der Waals surface area contributed by atoms with Crippen LogP contribution in [-0.4, -0.2) is 27.5 Å². The van der Waals surface area contributed by atoms with Crippen LogP contribution >= 0.6 is 0 Å². The molecular formula is C13H23N3O. The van der Waals surface area contributed by atoms with E-state index in [-0.39, 0.29) is 6.10 Å². The number of rotatable bonds is 5. The summed E-state index contributed by atoms with van der Waals surface area (Å²) in [6, 6.07) is 0.358. The maximum absolute atomic E-state index is 9.79. The van der Waals surface area contributed by atoms with Crippen LogP contribution in [0.1, 0.15) is 44.2 Å². The van der Waals surface area contributed by atoms with Crippen molar-refractivity contribution in [3.8, 4) is 0 Å². The average molecular weight is 237 g/mol. The minimum atomic E-state index is -0.103. The van der Waals surface area contributed by atoms with E-state index >= 15 is 0 Å². The van der Waals surface area contributed by atoms with E-state index in [0.717, 1.165) is 32.2 Å². The van der Waals surface area contributed by atoms with Crippen molar-refractivity contribution in [2.75, 3.05) is 6.54 Å². The lowest BCUT2D eigenvalue weighted by molar-refractivity contribution is 0.129. The SMILES string of the molecule is CCC(NCC1CCCC1O)c1cnn(C)c1. The third-order valence-electron chi connectivity index (χ3n) is 3.78. The van der Waals surface area contributed by atoms with Gasteiger partial charge in [-0.3, -0.25) is 4.68 Å². The number of hydrogen-bond donors (Lipinski definition) is 2. The molecule has 2 rings (SSSR count). The van der Waals surface area contributed by atoms with Crippen LogP contribution in [-0.2, 0) is 7.05 Å². The summed E-state index contributed by atoms with van der Waals surface area (Å²) < 4.78 is 1.84. The molecule has 0 amide bonds. The predicted molar refractivity (Wildman–Crippen MR) is 67.6 cm³/mol. The first-order valence-electron chi connectivity index (χ1n) is 6.60. The maximum atomic E-state index is 9.79. The molecule has 1 heterocycles. The number of aryl methyl sites for hydroxylation is 1. The van der Waals surface area contributed by atoms with Gasteiger partial charge in [0.2, 0.25) is 0 Å². The smallest absolute Gasteiger partial charge is 0.0580 e. The normalized spacial score (nSPS) is 26.3. The molecular weight excluding hydrogens is 214 g/mol. The lowest BCUT2D eigenvalue weighted by atomic mass is 10.0. The second-order valence-corrected chi connectivity index (χ2v) is 5.07. The Hall–Kier alpha value is -0.870. The molecule has 4 heteroatoms. The van der Waals surface area contributed by atoms with Crippen LogP contribution in [0.3, 0.4) is 0 Å². The summed E-state index contributed by atoms with van der Waals surface area (Å²) >= 11 is 0. The lowest BCUT2D eigenvalue weighted by Gasteiger charge is -2.20. The van der Waals surface area contributed by atoms with Gasteiger partial charge in [-0.2, -0.15) is 5.10 Å². The van der Waals surface area contributed by atoms with Crippen LogP contribution in [0.2, 0.25) is 0 Å². The van der Waals surface area contributed by atoms with E-state index in [2.05, 4.69) is 23.5 Å². The van der Waals surface area contributed by atoms with Crippen molar-refractivity contribution in [2.24, 2.45) is 13.0 Å². The number of nitrogens with zero attached hydrogens (tertiary/aromatic N) is 2. The first-order chi connectivity index (χ1) is 8.20. The van der Waals surface area contributed by atoms with Crippen molar-refractivity contribution in [1.29, 1.82) is 0 Å². The summed E-state index contributed by atoms with van der Waals surface area (Å²) in [6.07, 6.45) is 8.21. The Morgan fingerprint density at radius 3 is 2.94 bits per heavy atom. The Bertz CT molecular complexity index is 350. The molecule has 0 bridgehead atoms. The van der Waals surface area contributed by atoms with Gasteiger partial charge in [0.15, 0.2) is 0 Å². The molecule has 1 aromatic heterocycles. The molecule has 1 fully saturated rings. The number of hydrogen-bond acceptors (Lipinski definition) is 3. The third kappa shape index (κ3) is 3.07. The first kappa shape index (κ1) is 12.6. The summed E-state index contributed by atoms with van der Waals surface area (Å²) in [4.78, 5) is 0. The highest BCUT2D eigenvalue weighted by molar-refractivity contribution is 5.10. The number of aliphatic hydroxyl groups excluding tert-OH is 1. The first-order valence-corrected chi connectivity index (χ1v) is 6.60. The molecule has 0 radical (unpaired) electrons. The highest BCUT2D eigenvalue weighted by atomic mass is 16.3. The van der Waals surface area contributed by atoms with E-state index in [1.54, 1.807) is 0 Å². The number of aliphatic hydroxyl groups is 1. The summed E-state index contributed by atoms with van der Waals surface area (Å²) in [5, 5.41) is 17.6. The summed E-state index contributed by atoms with van der Waals surface area (Å²) in [5.74, 6) is 0.431. The van der Waals surface area contributed by atoms with Gasteiger partial charge in [0, 0.05) is 31.4 Å². The van der Waals surface area contributed by atoms with E-state index in [0.29, 0.717) is 12.0 Å². The van der Waals surface area contributed by atoms with E-state index < -0.39 is 0 Å². The Kier molecular flexibility index (Phi) is 4.18. The fourth-order valence-electron chi connectivity index (χ4n) is 2.67. The number of aromatic nitrogens is 2. The zero-order chi connectivity index (χ0) is 12.3. The van der Waals surface area contributed by atoms with Gasteiger partial charge in [0.05, 0.1) is 12.3 Å². The molecule has 1 aliphatic carbocycles. The van der Waals surface area contributed by atoms with Crippen LogP contribution < -0.4 is 5.32 Å². The van der Waals surface area contributed by atoms with Crippen molar-refractivity contribution in [1.82, 2.24) is 15.1 Å². The molecule has 1 aliphatic rings. The average Bonchev–Trinajstić information content (AvgIpc) is 2.90. The van der Waals surface area contributed by atoms with E-state index in [9.17, 15) is 5.11 Å².